The number of carboxylic acid groups (broad SMARTS) is 1. The van der Waals surface area contributed by atoms with Gasteiger partial charge >= 0.3 is 11.9 Å². The number of hydrogen-bond donors (Lipinski definition) is 2. The SMILES string of the molecule is CC(C)C1=C2[C@H]3CCC4[C@@]5(C)CC[C@H](OC(=O)CC(C)(C)C(=O)O)C(C)(C)C5CC[C@@]4(C)[C@]3(C)CC[C@@]2(CCN(CC(=O)NC2CC2)C(C)C)CC1=O. The van der Waals surface area contributed by atoms with E-state index in [0.717, 1.165) is 82.7 Å². The van der Waals surface area contributed by atoms with Gasteiger partial charge in [-0.2, -0.15) is 0 Å². The predicted molar refractivity (Wildman–Crippen MR) is 208 cm³/mol. The lowest BCUT2D eigenvalue weighted by Gasteiger charge is -2.72. The summed E-state index contributed by atoms with van der Waals surface area (Å²) in [5.74, 6) is 0.621. The summed E-state index contributed by atoms with van der Waals surface area (Å²) < 4.78 is 6.19. The molecule has 53 heavy (non-hydrogen) atoms. The van der Waals surface area contributed by atoms with Crippen LogP contribution in [0.2, 0.25) is 0 Å². The molecule has 6 rings (SSSR count). The number of nitrogens with one attached hydrogen (secondary N) is 1. The Bertz CT molecular complexity index is 1520. The first-order valence-corrected chi connectivity index (χ1v) is 21.3. The van der Waals surface area contributed by atoms with Gasteiger partial charge in [-0.25, -0.2) is 0 Å². The van der Waals surface area contributed by atoms with E-state index in [1.54, 1.807) is 13.8 Å². The quantitative estimate of drug-likeness (QED) is 0.193. The molecule has 0 bridgehead atoms. The standard InChI is InChI=1S/C45H72N2O6/c1-27(2)37-31(48)24-45(22-23-47(28(3)4)26-35(49)46-29-12-13-29)21-20-43(10)30(38(37)45)14-15-33-42(9)18-17-34(53-36(50)25-40(5,6)39(51)52)41(7,8)32(42)16-19-44(33,43)11/h27-30,32-34H,12-26H2,1-11H3,(H,46,49)(H,51,52)/t30-,32?,33?,34+,42+,43-,44-,45-/m1/s1. The third kappa shape index (κ3) is 6.75. The molecule has 0 aliphatic heterocycles. The minimum absolute atomic E-state index is 0.0747. The highest BCUT2D eigenvalue weighted by Gasteiger charge is 2.70. The van der Waals surface area contributed by atoms with E-state index in [2.05, 4.69) is 72.5 Å². The van der Waals surface area contributed by atoms with E-state index in [9.17, 15) is 24.3 Å². The van der Waals surface area contributed by atoms with E-state index in [4.69, 9.17) is 4.74 Å². The average Bonchev–Trinajstić information content (AvgIpc) is 3.80. The fourth-order valence-corrected chi connectivity index (χ4v) is 13.4. The molecule has 6 aliphatic carbocycles. The number of esters is 1. The number of nitrogens with zero attached hydrogens (tertiary/aromatic N) is 1. The summed E-state index contributed by atoms with van der Waals surface area (Å²) >= 11 is 0. The van der Waals surface area contributed by atoms with Crippen LogP contribution in [-0.2, 0) is 23.9 Å². The maximum atomic E-state index is 14.1. The van der Waals surface area contributed by atoms with Crippen molar-refractivity contribution in [2.24, 2.45) is 56.2 Å². The number of carbonyl (C=O) groups excluding carboxylic acids is 3. The molecular weight excluding hydrogens is 665 g/mol. The zero-order chi connectivity index (χ0) is 39.1. The summed E-state index contributed by atoms with van der Waals surface area (Å²) in [5, 5.41) is 12.8. The van der Waals surface area contributed by atoms with Gasteiger partial charge in [-0.1, -0.05) is 54.0 Å². The minimum Gasteiger partial charge on any atom is -0.481 e. The fourth-order valence-electron chi connectivity index (χ4n) is 13.4. The first-order chi connectivity index (χ1) is 24.5. The number of carbonyl (C=O) groups is 4. The van der Waals surface area contributed by atoms with Crippen molar-refractivity contribution < 1.29 is 29.0 Å². The molecule has 6 aliphatic rings. The Kier molecular flexibility index (Phi) is 10.5. The van der Waals surface area contributed by atoms with Gasteiger partial charge in [0.25, 0.3) is 0 Å². The largest absolute Gasteiger partial charge is 0.481 e. The molecule has 0 aromatic carbocycles. The zero-order valence-corrected chi connectivity index (χ0v) is 35.1. The van der Waals surface area contributed by atoms with Gasteiger partial charge in [0, 0.05) is 29.3 Å². The monoisotopic (exact) mass is 737 g/mol. The lowest BCUT2D eigenvalue weighted by molar-refractivity contribution is -0.233. The summed E-state index contributed by atoms with van der Waals surface area (Å²) in [6.45, 7) is 25.6. The summed E-state index contributed by atoms with van der Waals surface area (Å²) in [6.07, 6.45) is 11.8. The van der Waals surface area contributed by atoms with Gasteiger partial charge in [0.15, 0.2) is 5.78 Å². The Morgan fingerprint density at radius 1 is 0.887 bits per heavy atom. The maximum Gasteiger partial charge on any atom is 0.309 e. The Hall–Kier alpha value is -2.22. The molecule has 298 valence electrons. The summed E-state index contributed by atoms with van der Waals surface area (Å²) in [7, 11) is 0. The highest BCUT2D eigenvalue weighted by atomic mass is 16.5. The van der Waals surface area contributed by atoms with Crippen LogP contribution in [0, 0.1) is 56.2 Å². The molecule has 8 nitrogen and oxygen atoms in total. The van der Waals surface area contributed by atoms with Gasteiger partial charge in [0.2, 0.25) is 5.91 Å². The molecule has 0 radical (unpaired) electrons. The molecule has 5 saturated carbocycles. The van der Waals surface area contributed by atoms with Gasteiger partial charge in [-0.15, -0.1) is 0 Å². The van der Waals surface area contributed by atoms with E-state index in [0.29, 0.717) is 42.5 Å². The van der Waals surface area contributed by atoms with E-state index in [-0.39, 0.29) is 57.5 Å². The number of ether oxygens (including phenoxy) is 1. The van der Waals surface area contributed by atoms with Crippen molar-refractivity contribution in [1.82, 2.24) is 10.2 Å². The second-order valence-corrected chi connectivity index (χ2v) is 21.3. The van der Waals surface area contributed by atoms with Crippen molar-refractivity contribution in [2.45, 2.75) is 178 Å². The van der Waals surface area contributed by atoms with Crippen LogP contribution < -0.4 is 5.32 Å². The van der Waals surface area contributed by atoms with Crippen LogP contribution in [0.15, 0.2) is 11.1 Å². The number of hydrogen-bond acceptors (Lipinski definition) is 6. The van der Waals surface area contributed by atoms with Crippen LogP contribution in [0.1, 0.15) is 160 Å². The van der Waals surface area contributed by atoms with Crippen molar-refractivity contribution in [3.63, 3.8) is 0 Å². The van der Waals surface area contributed by atoms with Gasteiger partial charge in [0.1, 0.15) is 6.10 Å². The topological polar surface area (TPSA) is 113 Å². The lowest BCUT2D eigenvalue weighted by Crippen LogP contribution is -2.65. The van der Waals surface area contributed by atoms with E-state index in [1.807, 2.05) is 0 Å². The van der Waals surface area contributed by atoms with Crippen LogP contribution in [0.4, 0.5) is 0 Å². The molecule has 5 fully saturated rings. The van der Waals surface area contributed by atoms with Gasteiger partial charge < -0.3 is 15.2 Å². The van der Waals surface area contributed by atoms with E-state index in [1.165, 1.54) is 5.57 Å². The minimum atomic E-state index is -1.16. The highest BCUT2D eigenvalue weighted by Crippen LogP contribution is 2.77. The molecule has 2 N–H and O–H groups in total. The molecule has 0 aromatic rings. The predicted octanol–water partition coefficient (Wildman–Crippen LogP) is 8.76. The first-order valence-electron chi connectivity index (χ1n) is 21.3. The number of amides is 1. The van der Waals surface area contributed by atoms with Crippen LogP contribution in [0.25, 0.3) is 0 Å². The highest BCUT2D eigenvalue weighted by molar-refractivity contribution is 6.00. The summed E-state index contributed by atoms with van der Waals surface area (Å²) in [6, 6.07) is 0.612. The van der Waals surface area contributed by atoms with Crippen LogP contribution in [-0.4, -0.2) is 64.9 Å². The third-order valence-electron chi connectivity index (χ3n) is 16.9. The molecule has 2 unspecified atom stereocenters. The molecule has 0 heterocycles. The number of aliphatic carboxylic acids is 1. The van der Waals surface area contributed by atoms with Crippen LogP contribution in [0.3, 0.4) is 0 Å². The van der Waals surface area contributed by atoms with Gasteiger partial charge in [0.05, 0.1) is 18.4 Å². The zero-order valence-electron chi connectivity index (χ0n) is 35.1. The smallest absolute Gasteiger partial charge is 0.309 e. The molecule has 0 saturated heterocycles. The Balaban J connectivity index is 1.25. The van der Waals surface area contributed by atoms with E-state index >= 15 is 0 Å². The number of Topliss-reactive ketones (excluding diaryl/α,β-unsaturated/α-hetero) is 1. The van der Waals surface area contributed by atoms with Gasteiger partial charge in [-0.05, 0) is 150 Å². The average molecular weight is 737 g/mol. The van der Waals surface area contributed by atoms with Crippen LogP contribution in [0.5, 0.6) is 0 Å². The van der Waals surface area contributed by atoms with Crippen molar-refractivity contribution >= 4 is 23.6 Å². The van der Waals surface area contributed by atoms with Crippen molar-refractivity contribution in [1.29, 1.82) is 0 Å². The first kappa shape index (κ1) is 40.4. The second kappa shape index (κ2) is 13.8. The molecule has 1 amide bonds. The summed E-state index contributed by atoms with van der Waals surface area (Å²) in [5.41, 5.74) is 1.42. The Labute approximate surface area is 320 Å². The molecule has 8 atom stereocenters. The third-order valence-corrected chi connectivity index (χ3v) is 16.9. The molecular formula is C45H72N2O6. The molecule has 8 heteroatoms. The number of allylic oxidation sites excluding steroid dienone is 2. The molecule has 0 aromatic heterocycles. The second-order valence-electron chi connectivity index (χ2n) is 21.3. The van der Waals surface area contributed by atoms with Gasteiger partial charge in [-0.3, -0.25) is 24.1 Å². The lowest BCUT2D eigenvalue weighted by atomic mass is 9.33. The Morgan fingerprint density at radius 2 is 1.57 bits per heavy atom. The summed E-state index contributed by atoms with van der Waals surface area (Å²) in [4.78, 5) is 54.3. The number of ketones is 1. The molecule has 0 spiro atoms. The van der Waals surface area contributed by atoms with E-state index < -0.39 is 17.4 Å². The number of rotatable bonds is 12. The number of fused-ring (bicyclic) bond motifs is 7. The fraction of sp³-hybridized carbons (Fsp3) is 0.867. The van der Waals surface area contributed by atoms with Crippen molar-refractivity contribution in [2.75, 3.05) is 13.1 Å². The van der Waals surface area contributed by atoms with Crippen molar-refractivity contribution in [3.05, 3.63) is 11.1 Å². The van der Waals surface area contributed by atoms with Crippen molar-refractivity contribution in [3.8, 4) is 0 Å². The van der Waals surface area contributed by atoms with Crippen LogP contribution >= 0.6 is 0 Å². The number of carboxylic acids is 1. The maximum absolute atomic E-state index is 14.1. The Morgan fingerprint density at radius 3 is 2.17 bits per heavy atom. The normalized spacial score (nSPS) is 38.0.